The molecule has 0 aromatic heterocycles. The predicted molar refractivity (Wildman–Crippen MR) is 170 cm³/mol. The molecule has 10 atom stereocenters. The summed E-state index contributed by atoms with van der Waals surface area (Å²) in [6, 6.07) is 0.732. The average molecular weight is 598 g/mol. The first kappa shape index (κ1) is 31.6. The smallest absolute Gasteiger partial charge is 0.306 e. The molecule has 0 spiro atoms. The van der Waals surface area contributed by atoms with Crippen molar-refractivity contribution in [3.63, 3.8) is 0 Å². The van der Waals surface area contributed by atoms with E-state index in [0.717, 1.165) is 43.4 Å². The van der Waals surface area contributed by atoms with E-state index >= 15 is 0 Å². The average Bonchev–Trinajstić information content (AvgIpc) is 3.30. The van der Waals surface area contributed by atoms with Crippen molar-refractivity contribution in [2.75, 3.05) is 32.7 Å². The maximum absolute atomic E-state index is 13.0. The third-order valence-corrected chi connectivity index (χ3v) is 14.2. The van der Waals surface area contributed by atoms with Gasteiger partial charge < -0.3 is 14.0 Å². The van der Waals surface area contributed by atoms with Crippen molar-refractivity contribution in [2.45, 2.75) is 142 Å². The summed E-state index contributed by atoms with van der Waals surface area (Å²) >= 11 is 0. The number of likely N-dealkylation sites (tertiary alicyclic amines) is 2. The maximum Gasteiger partial charge on any atom is 0.306 e. The Labute approximate surface area is 261 Å². The van der Waals surface area contributed by atoms with Crippen LogP contribution in [0.4, 0.5) is 0 Å². The van der Waals surface area contributed by atoms with Crippen molar-refractivity contribution in [3.05, 3.63) is 12.7 Å². The summed E-state index contributed by atoms with van der Waals surface area (Å²) in [5, 5.41) is 0. The predicted octanol–water partition coefficient (Wildman–Crippen LogP) is 6.91. The molecular weight excluding hydrogens is 536 g/mol. The van der Waals surface area contributed by atoms with E-state index in [2.05, 4.69) is 31.4 Å². The molecule has 242 valence electrons. The molecule has 1 unspecified atom stereocenters. The van der Waals surface area contributed by atoms with Crippen LogP contribution in [0.5, 0.6) is 0 Å². The topological polar surface area (TPSA) is 55.8 Å². The minimum absolute atomic E-state index is 0.00952. The number of piperidine rings is 2. The van der Waals surface area contributed by atoms with Crippen molar-refractivity contribution in [1.29, 1.82) is 0 Å². The Bertz CT molecular complexity index is 1030. The minimum Gasteiger partial charge on any atom is -0.461 e. The molecule has 4 aliphatic carbocycles. The fourth-order valence-corrected chi connectivity index (χ4v) is 12.2. The van der Waals surface area contributed by atoms with Crippen LogP contribution < -0.4 is 0 Å². The van der Waals surface area contributed by atoms with Gasteiger partial charge in [0.15, 0.2) is 6.10 Å². The molecule has 6 fully saturated rings. The Kier molecular flexibility index (Phi) is 9.12. The minimum atomic E-state index is -0.114. The van der Waals surface area contributed by atoms with E-state index in [1.807, 2.05) is 6.92 Å². The molecule has 2 saturated heterocycles. The molecule has 6 rings (SSSR count). The van der Waals surface area contributed by atoms with E-state index in [-0.39, 0.29) is 35.0 Å². The number of ether oxygens (including phenoxy) is 2. The molecule has 0 amide bonds. The van der Waals surface area contributed by atoms with Gasteiger partial charge in [0.1, 0.15) is 12.1 Å². The number of carbonyl (C=O) groups excluding carboxylic acids is 2. The number of hydrogen-bond acceptors (Lipinski definition) is 5. The van der Waals surface area contributed by atoms with Gasteiger partial charge in [-0.25, -0.2) is 0 Å². The molecule has 0 aromatic rings. The maximum atomic E-state index is 13.0. The van der Waals surface area contributed by atoms with Crippen LogP contribution in [0.1, 0.15) is 118 Å². The number of nitrogens with zero attached hydrogens (tertiary/aromatic N) is 2. The third-order valence-electron chi connectivity index (χ3n) is 14.2. The molecule has 0 bridgehead atoms. The van der Waals surface area contributed by atoms with Crippen LogP contribution in [0.25, 0.3) is 0 Å². The van der Waals surface area contributed by atoms with E-state index in [0.29, 0.717) is 42.2 Å². The second kappa shape index (κ2) is 12.4. The molecule has 0 N–H and O–H groups in total. The number of hydrogen-bond donors (Lipinski definition) is 0. The van der Waals surface area contributed by atoms with E-state index in [9.17, 15) is 9.59 Å². The van der Waals surface area contributed by atoms with Gasteiger partial charge in [-0.05, 0) is 119 Å². The van der Waals surface area contributed by atoms with Crippen molar-refractivity contribution in [2.24, 2.45) is 34.5 Å². The van der Waals surface area contributed by atoms with Gasteiger partial charge in [0.25, 0.3) is 0 Å². The van der Waals surface area contributed by atoms with E-state index in [1.165, 1.54) is 77.3 Å². The van der Waals surface area contributed by atoms with Crippen molar-refractivity contribution < 1.29 is 23.5 Å². The number of fused-ring (bicyclic) bond motifs is 5. The second-order valence-corrected chi connectivity index (χ2v) is 16.2. The molecule has 6 aliphatic rings. The fourth-order valence-electron chi connectivity index (χ4n) is 12.2. The Morgan fingerprint density at radius 3 is 2.33 bits per heavy atom. The Hall–Kier alpha value is -1.40. The van der Waals surface area contributed by atoms with E-state index < -0.39 is 0 Å². The summed E-state index contributed by atoms with van der Waals surface area (Å²) in [6.07, 6.45) is 18.7. The molecular formula is C37H61N2O4+. The van der Waals surface area contributed by atoms with Crippen molar-refractivity contribution >= 4 is 11.9 Å². The van der Waals surface area contributed by atoms with Gasteiger partial charge in [0.2, 0.25) is 0 Å². The van der Waals surface area contributed by atoms with Crippen LogP contribution in [-0.2, 0) is 19.1 Å². The number of carbonyl (C=O) groups is 2. The zero-order valence-electron chi connectivity index (χ0n) is 27.9. The lowest BCUT2D eigenvalue weighted by Crippen LogP contribution is -2.63. The van der Waals surface area contributed by atoms with Gasteiger partial charge in [-0.1, -0.05) is 33.8 Å². The highest BCUT2D eigenvalue weighted by Crippen LogP contribution is 2.68. The summed E-state index contributed by atoms with van der Waals surface area (Å²) in [5.74, 6) is 2.48. The molecule has 2 aliphatic heterocycles. The highest BCUT2D eigenvalue weighted by atomic mass is 16.5. The highest BCUT2D eigenvalue weighted by Gasteiger charge is 2.67. The summed E-state index contributed by atoms with van der Waals surface area (Å²) in [5.41, 5.74) is 0.320. The molecule has 43 heavy (non-hydrogen) atoms. The fraction of sp³-hybridized carbons (Fsp3) is 0.892. The molecule has 0 radical (unpaired) electrons. The molecule has 4 saturated carbocycles. The lowest BCUT2D eigenvalue weighted by atomic mass is 9.44. The summed E-state index contributed by atoms with van der Waals surface area (Å²) in [6.45, 7) is 18.6. The van der Waals surface area contributed by atoms with Crippen LogP contribution in [0, 0.1) is 34.5 Å². The Balaban J connectivity index is 1.31. The first-order valence-corrected chi connectivity index (χ1v) is 18.2. The molecule has 0 aromatic carbocycles. The third kappa shape index (κ3) is 5.53. The zero-order valence-corrected chi connectivity index (χ0v) is 27.9. The molecule has 2 heterocycles. The monoisotopic (exact) mass is 597 g/mol. The van der Waals surface area contributed by atoms with Gasteiger partial charge in [-0.15, -0.1) is 0 Å². The summed E-state index contributed by atoms with van der Waals surface area (Å²) in [7, 11) is 0. The van der Waals surface area contributed by atoms with Crippen LogP contribution in [0.2, 0.25) is 0 Å². The molecule has 6 heteroatoms. The second-order valence-electron chi connectivity index (χ2n) is 16.2. The van der Waals surface area contributed by atoms with Crippen LogP contribution in [-0.4, -0.2) is 78.3 Å². The summed E-state index contributed by atoms with van der Waals surface area (Å²) < 4.78 is 13.8. The first-order chi connectivity index (χ1) is 20.6. The Morgan fingerprint density at radius 2 is 1.65 bits per heavy atom. The van der Waals surface area contributed by atoms with Gasteiger partial charge in [0.05, 0.1) is 19.6 Å². The van der Waals surface area contributed by atoms with Crippen LogP contribution in [0.15, 0.2) is 12.7 Å². The normalized spacial score (nSPS) is 44.4. The van der Waals surface area contributed by atoms with Gasteiger partial charge >= 0.3 is 11.9 Å². The standard InChI is InChI=1S/C37H61N2O4/c1-6-20-39(21-12-9-13-22-39)32-24-30-28-15-14-27-23-33(42-26(3)40)31(38-18-10-8-11-19-38)25-37(27,5)29(28)16-17-36(30,4)35(32)43-34(41)7-2/h6,27-33,35H,1,7-25H2,2-5H3/q+1/t27-,28+,29-,30-,31-,32?,33-,35-,36-,37-/m0/s1. The Morgan fingerprint density at radius 1 is 0.930 bits per heavy atom. The SMILES string of the molecule is C=CC[N+]1(C2C[C@H]3[C@@H]4CC[C@H]5C[C@H](OC(C)=O)[C@@H](N6CCCCC6)C[C@]5(C)[C@H]4CC[C@]3(C)[C@H]2OC(=O)CC)CCCCC1. The number of rotatable bonds is 7. The van der Waals surface area contributed by atoms with Gasteiger partial charge in [0, 0.05) is 31.2 Å². The largest absolute Gasteiger partial charge is 0.461 e. The highest BCUT2D eigenvalue weighted by molar-refractivity contribution is 5.69. The first-order valence-electron chi connectivity index (χ1n) is 18.2. The van der Waals surface area contributed by atoms with E-state index in [4.69, 9.17) is 9.47 Å². The lowest BCUT2D eigenvalue weighted by Gasteiger charge is -2.62. The number of esters is 2. The van der Waals surface area contributed by atoms with Crippen LogP contribution in [0.3, 0.4) is 0 Å². The van der Waals surface area contributed by atoms with Crippen molar-refractivity contribution in [1.82, 2.24) is 4.90 Å². The lowest BCUT2D eigenvalue weighted by molar-refractivity contribution is -0.952. The van der Waals surface area contributed by atoms with Gasteiger partial charge in [-0.3, -0.25) is 14.5 Å². The van der Waals surface area contributed by atoms with Gasteiger partial charge in [-0.2, -0.15) is 0 Å². The van der Waals surface area contributed by atoms with E-state index in [1.54, 1.807) is 6.92 Å². The quantitative estimate of drug-likeness (QED) is 0.181. The summed E-state index contributed by atoms with van der Waals surface area (Å²) in [4.78, 5) is 27.9. The molecule has 6 nitrogen and oxygen atoms in total. The van der Waals surface area contributed by atoms with Crippen LogP contribution >= 0.6 is 0 Å². The number of quaternary nitrogens is 1. The van der Waals surface area contributed by atoms with Crippen molar-refractivity contribution in [3.8, 4) is 0 Å². The zero-order chi connectivity index (χ0) is 30.4.